The van der Waals surface area contributed by atoms with Gasteiger partial charge in [0.15, 0.2) is 0 Å². The zero-order valence-corrected chi connectivity index (χ0v) is 15.0. The van der Waals surface area contributed by atoms with E-state index in [9.17, 15) is 23.3 Å². The molecule has 0 unspecified atom stereocenters. The van der Waals surface area contributed by atoms with Gasteiger partial charge in [0, 0.05) is 23.4 Å². The van der Waals surface area contributed by atoms with E-state index in [2.05, 4.69) is 20.2 Å². The van der Waals surface area contributed by atoms with Gasteiger partial charge in [-0.3, -0.25) is 24.9 Å². The molecule has 0 fully saturated rings. The van der Waals surface area contributed by atoms with E-state index in [1.165, 1.54) is 48.0 Å². The van der Waals surface area contributed by atoms with Crippen molar-refractivity contribution < 1.29 is 18.1 Å². The Balaban J connectivity index is 1.74. The number of hydrogen-bond donors (Lipinski definition) is 2. The molecule has 138 valence electrons. The van der Waals surface area contributed by atoms with Crippen LogP contribution in [-0.4, -0.2) is 29.4 Å². The van der Waals surface area contributed by atoms with Crippen LogP contribution >= 0.6 is 11.3 Å². The molecule has 1 aromatic heterocycles. The SMILES string of the molecule is O=C(Nc1nncs1)c1ccc(NS(=O)(=O)c2cccc([N+](=O)[O-])c2)cc1. The van der Waals surface area contributed by atoms with Crippen LogP contribution in [0.25, 0.3) is 0 Å². The fraction of sp³-hybridized carbons (Fsp3) is 0. The molecular formula is C15H11N5O5S2. The number of non-ortho nitro benzene ring substituents is 1. The smallest absolute Gasteiger partial charge is 0.270 e. The number of nitro groups is 1. The van der Waals surface area contributed by atoms with Crippen molar-refractivity contribution in [2.75, 3.05) is 10.0 Å². The Morgan fingerprint density at radius 2 is 1.89 bits per heavy atom. The number of benzene rings is 2. The lowest BCUT2D eigenvalue weighted by atomic mass is 10.2. The first-order valence-electron chi connectivity index (χ1n) is 7.30. The number of aromatic nitrogens is 2. The molecule has 0 aliphatic carbocycles. The van der Waals surface area contributed by atoms with Crippen LogP contribution in [0.1, 0.15) is 10.4 Å². The summed E-state index contributed by atoms with van der Waals surface area (Å²) in [6.45, 7) is 0. The summed E-state index contributed by atoms with van der Waals surface area (Å²) in [6, 6.07) is 10.4. The number of amides is 1. The summed E-state index contributed by atoms with van der Waals surface area (Å²) in [7, 11) is -4.02. The lowest BCUT2D eigenvalue weighted by Gasteiger charge is -2.09. The van der Waals surface area contributed by atoms with E-state index in [1.807, 2.05) is 0 Å². The van der Waals surface area contributed by atoms with Crippen molar-refractivity contribution in [2.45, 2.75) is 4.90 Å². The maximum atomic E-state index is 12.4. The Hall–Kier alpha value is -3.38. The topological polar surface area (TPSA) is 144 Å². The summed E-state index contributed by atoms with van der Waals surface area (Å²) < 4.78 is 27.1. The number of carbonyl (C=O) groups is 1. The third kappa shape index (κ3) is 4.43. The fourth-order valence-electron chi connectivity index (χ4n) is 2.06. The molecule has 0 atom stereocenters. The Morgan fingerprint density at radius 3 is 2.52 bits per heavy atom. The normalized spacial score (nSPS) is 11.0. The summed E-state index contributed by atoms with van der Waals surface area (Å²) >= 11 is 1.16. The monoisotopic (exact) mass is 405 g/mol. The van der Waals surface area contributed by atoms with E-state index in [-0.39, 0.29) is 16.3 Å². The molecule has 0 radical (unpaired) electrons. The Bertz CT molecular complexity index is 1080. The number of hydrogen-bond acceptors (Lipinski definition) is 8. The highest BCUT2D eigenvalue weighted by Crippen LogP contribution is 2.21. The second-order valence-electron chi connectivity index (χ2n) is 5.14. The van der Waals surface area contributed by atoms with E-state index in [4.69, 9.17) is 0 Å². The summed E-state index contributed by atoms with van der Waals surface area (Å²) in [5.41, 5.74) is 1.64. The minimum atomic E-state index is -4.02. The quantitative estimate of drug-likeness (QED) is 0.473. The summed E-state index contributed by atoms with van der Waals surface area (Å²) in [5, 5.41) is 21.0. The van der Waals surface area contributed by atoms with Crippen molar-refractivity contribution in [3.05, 3.63) is 69.7 Å². The third-order valence-corrected chi connectivity index (χ3v) is 5.30. The van der Waals surface area contributed by atoms with Gasteiger partial charge < -0.3 is 0 Å². The van der Waals surface area contributed by atoms with Gasteiger partial charge in [0.05, 0.1) is 9.82 Å². The third-order valence-electron chi connectivity index (χ3n) is 3.32. The van der Waals surface area contributed by atoms with Gasteiger partial charge in [0.25, 0.3) is 21.6 Å². The van der Waals surface area contributed by atoms with Crippen LogP contribution in [0, 0.1) is 10.1 Å². The number of nitrogens with zero attached hydrogens (tertiary/aromatic N) is 3. The first kappa shape index (κ1) is 18.4. The molecule has 0 spiro atoms. The van der Waals surface area contributed by atoms with Crippen LogP contribution in [0.15, 0.2) is 58.9 Å². The molecule has 12 heteroatoms. The van der Waals surface area contributed by atoms with E-state index in [1.54, 1.807) is 0 Å². The van der Waals surface area contributed by atoms with Gasteiger partial charge in [-0.25, -0.2) is 8.42 Å². The average Bonchev–Trinajstić information content (AvgIpc) is 3.15. The molecule has 0 saturated heterocycles. The molecule has 0 saturated carbocycles. The van der Waals surface area contributed by atoms with Crippen molar-refractivity contribution >= 4 is 43.8 Å². The van der Waals surface area contributed by atoms with Gasteiger partial charge in [-0.1, -0.05) is 17.4 Å². The van der Waals surface area contributed by atoms with Crippen LogP contribution in [0.5, 0.6) is 0 Å². The highest BCUT2D eigenvalue weighted by Gasteiger charge is 2.18. The van der Waals surface area contributed by atoms with Crippen LogP contribution in [0.3, 0.4) is 0 Å². The summed E-state index contributed by atoms with van der Waals surface area (Å²) in [4.78, 5) is 21.9. The number of sulfonamides is 1. The fourth-order valence-corrected chi connectivity index (χ4v) is 3.60. The molecule has 2 N–H and O–H groups in total. The molecule has 1 amide bonds. The van der Waals surface area contributed by atoms with Crippen LogP contribution in [0.4, 0.5) is 16.5 Å². The average molecular weight is 405 g/mol. The molecule has 0 aliphatic heterocycles. The molecule has 27 heavy (non-hydrogen) atoms. The van der Waals surface area contributed by atoms with Crippen LogP contribution in [-0.2, 0) is 10.0 Å². The number of nitrogens with one attached hydrogen (secondary N) is 2. The first-order chi connectivity index (χ1) is 12.8. The van der Waals surface area contributed by atoms with Gasteiger partial charge in [-0.05, 0) is 30.3 Å². The van der Waals surface area contributed by atoms with Crippen LogP contribution < -0.4 is 10.0 Å². The molecule has 1 heterocycles. The molecule has 3 aromatic rings. The van der Waals surface area contributed by atoms with Gasteiger partial charge >= 0.3 is 0 Å². The van der Waals surface area contributed by atoms with E-state index >= 15 is 0 Å². The van der Waals surface area contributed by atoms with Crippen molar-refractivity contribution in [2.24, 2.45) is 0 Å². The summed E-state index contributed by atoms with van der Waals surface area (Å²) in [6.07, 6.45) is 0. The highest BCUT2D eigenvalue weighted by atomic mass is 32.2. The van der Waals surface area contributed by atoms with Gasteiger partial charge in [-0.2, -0.15) is 0 Å². The number of carbonyl (C=O) groups excluding carboxylic acids is 1. The predicted molar refractivity (Wildman–Crippen MR) is 98.2 cm³/mol. The second-order valence-corrected chi connectivity index (χ2v) is 7.65. The number of nitro benzene ring substituents is 1. The summed E-state index contributed by atoms with van der Waals surface area (Å²) in [5.74, 6) is -0.417. The molecule has 2 aromatic carbocycles. The molecular weight excluding hydrogens is 394 g/mol. The first-order valence-corrected chi connectivity index (χ1v) is 9.66. The maximum absolute atomic E-state index is 12.4. The minimum Gasteiger partial charge on any atom is -0.296 e. The second kappa shape index (κ2) is 7.47. The Labute approximate surface area is 157 Å². The number of rotatable bonds is 6. The zero-order valence-electron chi connectivity index (χ0n) is 13.4. The van der Waals surface area contributed by atoms with Gasteiger partial charge in [0.2, 0.25) is 5.13 Å². The Morgan fingerprint density at radius 1 is 1.15 bits per heavy atom. The van der Waals surface area contributed by atoms with Crippen molar-refractivity contribution in [1.82, 2.24) is 10.2 Å². The minimum absolute atomic E-state index is 0.203. The number of anilines is 2. The molecule has 0 bridgehead atoms. The lowest BCUT2D eigenvalue weighted by Crippen LogP contribution is -2.14. The van der Waals surface area contributed by atoms with Gasteiger partial charge in [0.1, 0.15) is 5.51 Å². The molecule has 3 rings (SSSR count). The zero-order chi connectivity index (χ0) is 19.4. The van der Waals surface area contributed by atoms with E-state index in [0.717, 1.165) is 17.4 Å². The van der Waals surface area contributed by atoms with Crippen LogP contribution in [0.2, 0.25) is 0 Å². The predicted octanol–water partition coefficient (Wildman–Crippen LogP) is 2.50. The van der Waals surface area contributed by atoms with E-state index in [0.29, 0.717) is 10.7 Å². The van der Waals surface area contributed by atoms with Crippen molar-refractivity contribution in [3.63, 3.8) is 0 Å². The largest absolute Gasteiger partial charge is 0.296 e. The van der Waals surface area contributed by atoms with Crippen molar-refractivity contribution in [1.29, 1.82) is 0 Å². The Kier molecular flexibility index (Phi) is 5.09. The highest BCUT2D eigenvalue weighted by molar-refractivity contribution is 7.92. The van der Waals surface area contributed by atoms with E-state index < -0.39 is 20.9 Å². The van der Waals surface area contributed by atoms with Crippen molar-refractivity contribution in [3.8, 4) is 0 Å². The standard InChI is InChI=1S/C15H11N5O5S2/c21-14(17-15-18-16-9-26-15)10-4-6-11(7-5-10)19-27(24,25)13-3-1-2-12(8-13)20(22)23/h1-9,19H,(H,17,18,21). The molecule has 0 aliphatic rings. The lowest BCUT2D eigenvalue weighted by molar-refractivity contribution is -0.385. The van der Waals surface area contributed by atoms with Gasteiger partial charge in [-0.15, -0.1) is 10.2 Å². The maximum Gasteiger partial charge on any atom is 0.270 e. The molecule has 10 nitrogen and oxygen atoms in total.